The van der Waals surface area contributed by atoms with Gasteiger partial charge < -0.3 is 9.88 Å². The van der Waals surface area contributed by atoms with Crippen LogP contribution < -0.4 is 0 Å². The van der Waals surface area contributed by atoms with E-state index < -0.39 is 0 Å². The molecule has 1 amide bonds. The molecule has 1 saturated heterocycles. The Balaban J connectivity index is 2.19. The normalized spacial score (nSPS) is 22.2. The van der Waals surface area contributed by atoms with Crippen molar-refractivity contribution in [1.82, 2.24) is 14.9 Å². The fraction of sp³-hybridized carbons (Fsp3) is 0.500. The number of carbonyl (C=O) groups is 1. The van der Waals surface area contributed by atoms with E-state index in [0.717, 1.165) is 25.2 Å². The summed E-state index contributed by atoms with van der Waals surface area (Å²) in [6.07, 6.45) is 5.47. The van der Waals surface area contributed by atoms with E-state index in [1.54, 1.807) is 17.3 Å². The van der Waals surface area contributed by atoms with Gasteiger partial charge in [-0.1, -0.05) is 12.6 Å². The Bertz CT molecular complexity index is 298. The maximum Gasteiger partial charge on any atom is 0.279 e. The molecule has 0 aromatic carbocycles. The summed E-state index contributed by atoms with van der Waals surface area (Å²) in [5.74, 6) is 0.861. The molecule has 1 aliphatic rings. The standard InChI is InChI=1S/C8H11N3OS/c12-8(13)11-5-1-2-6(11)7-9-3-4-10-7/h3-4,6H,1-2,5H2,(H,9,10)(H,12,13). The molecule has 1 unspecified atom stereocenters. The third kappa shape index (κ3) is 1.56. The topological polar surface area (TPSA) is 49.0 Å². The molecule has 13 heavy (non-hydrogen) atoms. The molecule has 1 fully saturated rings. The highest BCUT2D eigenvalue weighted by atomic mass is 32.1. The van der Waals surface area contributed by atoms with E-state index >= 15 is 0 Å². The van der Waals surface area contributed by atoms with Crippen LogP contribution in [0.2, 0.25) is 0 Å². The third-order valence-corrected chi connectivity index (χ3v) is 2.59. The number of amides is 1. The highest BCUT2D eigenvalue weighted by molar-refractivity contribution is 7.96. The van der Waals surface area contributed by atoms with E-state index in [2.05, 4.69) is 22.6 Å². The Kier molecular flexibility index (Phi) is 2.26. The van der Waals surface area contributed by atoms with Crippen LogP contribution in [-0.2, 0) is 0 Å². The van der Waals surface area contributed by atoms with Crippen molar-refractivity contribution >= 4 is 17.9 Å². The highest BCUT2D eigenvalue weighted by Gasteiger charge is 2.29. The summed E-state index contributed by atoms with van der Waals surface area (Å²) < 4.78 is 0. The summed E-state index contributed by atoms with van der Waals surface area (Å²) >= 11 is 3.83. The van der Waals surface area contributed by atoms with Gasteiger partial charge in [-0.15, -0.1) is 0 Å². The van der Waals surface area contributed by atoms with Crippen molar-refractivity contribution in [1.29, 1.82) is 0 Å². The molecule has 70 valence electrons. The number of aromatic nitrogens is 2. The van der Waals surface area contributed by atoms with Crippen LogP contribution in [0.1, 0.15) is 24.7 Å². The van der Waals surface area contributed by atoms with E-state index in [0.29, 0.717) is 0 Å². The second-order valence-corrected chi connectivity index (χ2v) is 3.49. The zero-order valence-electron chi connectivity index (χ0n) is 7.10. The molecule has 0 spiro atoms. The lowest BCUT2D eigenvalue weighted by molar-refractivity contribution is 0.217. The van der Waals surface area contributed by atoms with Crippen LogP contribution in [0.4, 0.5) is 4.79 Å². The van der Waals surface area contributed by atoms with Crippen molar-refractivity contribution in [2.45, 2.75) is 18.9 Å². The SMILES string of the molecule is O=C(S)N1CCCC1c1ncc[nH]1. The van der Waals surface area contributed by atoms with E-state index in [9.17, 15) is 4.79 Å². The van der Waals surface area contributed by atoms with E-state index in [1.165, 1.54) is 0 Å². The largest absolute Gasteiger partial charge is 0.347 e. The Morgan fingerprint density at radius 2 is 2.62 bits per heavy atom. The van der Waals surface area contributed by atoms with E-state index in [-0.39, 0.29) is 11.3 Å². The van der Waals surface area contributed by atoms with Crippen LogP contribution in [-0.4, -0.2) is 26.7 Å². The summed E-state index contributed by atoms with van der Waals surface area (Å²) in [4.78, 5) is 20.0. The molecule has 1 aromatic rings. The first-order chi connectivity index (χ1) is 6.29. The summed E-state index contributed by atoms with van der Waals surface area (Å²) in [6.45, 7) is 0.785. The molecular weight excluding hydrogens is 186 g/mol. The van der Waals surface area contributed by atoms with Crippen molar-refractivity contribution in [2.75, 3.05) is 6.54 Å². The minimum absolute atomic E-state index is 0.0972. The Hall–Kier alpha value is -0.970. The Morgan fingerprint density at radius 3 is 3.23 bits per heavy atom. The lowest BCUT2D eigenvalue weighted by Gasteiger charge is -2.20. The van der Waals surface area contributed by atoms with Gasteiger partial charge in [-0.25, -0.2) is 4.98 Å². The smallest absolute Gasteiger partial charge is 0.279 e. The predicted octanol–water partition coefficient (Wildman–Crippen LogP) is 1.60. The molecule has 0 bridgehead atoms. The van der Waals surface area contributed by atoms with Crippen molar-refractivity contribution in [3.63, 3.8) is 0 Å². The monoisotopic (exact) mass is 197 g/mol. The van der Waals surface area contributed by atoms with E-state index in [4.69, 9.17) is 0 Å². The molecule has 0 saturated carbocycles. The van der Waals surface area contributed by atoms with Crippen molar-refractivity contribution in [3.8, 4) is 0 Å². The van der Waals surface area contributed by atoms with Crippen LogP contribution in [0.15, 0.2) is 12.4 Å². The Morgan fingerprint density at radius 1 is 1.77 bits per heavy atom. The second kappa shape index (κ2) is 3.41. The number of hydrogen-bond acceptors (Lipinski definition) is 2. The number of carbonyl (C=O) groups excluding carboxylic acids is 1. The minimum atomic E-state index is -0.168. The molecule has 1 atom stereocenters. The number of hydrogen-bond donors (Lipinski definition) is 2. The maximum absolute atomic E-state index is 11.1. The summed E-state index contributed by atoms with van der Waals surface area (Å²) in [7, 11) is 0. The van der Waals surface area contributed by atoms with Gasteiger partial charge in [0.15, 0.2) is 0 Å². The number of H-pyrrole nitrogens is 1. The van der Waals surface area contributed by atoms with Crippen LogP contribution in [0, 0.1) is 0 Å². The van der Waals surface area contributed by atoms with Gasteiger partial charge in [0, 0.05) is 18.9 Å². The number of nitrogens with zero attached hydrogens (tertiary/aromatic N) is 2. The molecule has 0 radical (unpaired) electrons. The lowest BCUT2D eigenvalue weighted by Crippen LogP contribution is -2.26. The van der Waals surface area contributed by atoms with E-state index in [1.807, 2.05) is 0 Å². The molecule has 1 aromatic heterocycles. The predicted molar refractivity (Wildman–Crippen MR) is 51.7 cm³/mol. The van der Waals surface area contributed by atoms with Gasteiger partial charge in [0.1, 0.15) is 5.82 Å². The van der Waals surface area contributed by atoms with Gasteiger partial charge in [-0.05, 0) is 12.8 Å². The summed E-state index contributed by atoms with van der Waals surface area (Å²) in [5.41, 5.74) is 0. The molecule has 4 nitrogen and oxygen atoms in total. The molecular formula is C8H11N3OS. The average molecular weight is 197 g/mol. The lowest BCUT2D eigenvalue weighted by atomic mass is 10.2. The molecule has 1 N–H and O–H groups in total. The number of thiol groups is 1. The first kappa shape index (κ1) is 8.62. The number of rotatable bonds is 1. The number of likely N-dealkylation sites (tertiary alicyclic amines) is 1. The fourth-order valence-electron chi connectivity index (χ4n) is 1.74. The van der Waals surface area contributed by atoms with Crippen molar-refractivity contribution < 1.29 is 4.79 Å². The van der Waals surface area contributed by atoms with Crippen molar-refractivity contribution in [2.24, 2.45) is 0 Å². The molecule has 0 aliphatic carbocycles. The van der Waals surface area contributed by atoms with Crippen LogP contribution in [0.3, 0.4) is 0 Å². The fourth-order valence-corrected chi connectivity index (χ4v) is 1.98. The zero-order chi connectivity index (χ0) is 9.26. The first-order valence-corrected chi connectivity index (χ1v) is 4.72. The quantitative estimate of drug-likeness (QED) is 0.672. The van der Waals surface area contributed by atoms with Crippen molar-refractivity contribution in [3.05, 3.63) is 18.2 Å². The van der Waals surface area contributed by atoms with Gasteiger partial charge >= 0.3 is 0 Å². The maximum atomic E-state index is 11.1. The second-order valence-electron chi connectivity index (χ2n) is 3.11. The zero-order valence-corrected chi connectivity index (χ0v) is 8.00. The Labute approximate surface area is 81.8 Å². The van der Waals surface area contributed by atoms with Crippen LogP contribution in [0.5, 0.6) is 0 Å². The third-order valence-electron chi connectivity index (χ3n) is 2.33. The number of nitrogens with one attached hydrogen (secondary N) is 1. The summed E-state index contributed by atoms with van der Waals surface area (Å²) in [6, 6.07) is 0.0972. The highest BCUT2D eigenvalue weighted by Crippen LogP contribution is 2.30. The molecule has 2 rings (SSSR count). The van der Waals surface area contributed by atoms with Gasteiger partial charge in [-0.3, -0.25) is 4.79 Å². The van der Waals surface area contributed by atoms with Gasteiger partial charge in [0.05, 0.1) is 6.04 Å². The number of imidazole rings is 1. The van der Waals surface area contributed by atoms with Crippen LogP contribution in [0.25, 0.3) is 0 Å². The van der Waals surface area contributed by atoms with Gasteiger partial charge in [-0.2, -0.15) is 0 Å². The first-order valence-electron chi connectivity index (χ1n) is 4.28. The minimum Gasteiger partial charge on any atom is -0.347 e. The average Bonchev–Trinajstić information content (AvgIpc) is 2.74. The van der Waals surface area contributed by atoms with Gasteiger partial charge in [0.2, 0.25) is 0 Å². The summed E-state index contributed by atoms with van der Waals surface area (Å²) in [5, 5.41) is -0.168. The molecule has 1 aliphatic heterocycles. The van der Waals surface area contributed by atoms with Gasteiger partial charge in [0.25, 0.3) is 5.24 Å². The molecule has 2 heterocycles. The number of aromatic amines is 1. The molecule has 5 heteroatoms. The van der Waals surface area contributed by atoms with Crippen LogP contribution >= 0.6 is 12.6 Å².